The van der Waals surface area contributed by atoms with E-state index >= 15 is 0 Å². The molecule has 120 valence electrons. The average molecular weight is 328 g/mol. The lowest BCUT2D eigenvalue weighted by atomic mass is 9.95. The molecule has 1 fully saturated rings. The first-order chi connectivity index (χ1) is 11.2. The van der Waals surface area contributed by atoms with E-state index in [2.05, 4.69) is 22.6 Å². The van der Waals surface area contributed by atoms with Gasteiger partial charge in [-0.3, -0.25) is 4.79 Å². The molecule has 0 aromatic heterocycles. The van der Waals surface area contributed by atoms with Crippen LogP contribution in [0.1, 0.15) is 37.8 Å². The van der Waals surface area contributed by atoms with Gasteiger partial charge in [-0.15, -0.1) is 0 Å². The van der Waals surface area contributed by atoms with E-state index in [1.165, 1.54) is 23.7 Å². The maximum absolute atomic E-state index is 13.0. The summed E-state index contributed by atoms with van der Waals surface area (Å²) in [5.74, 6) is 0.0612. The molecule has 0 spiro atoms. The smallest absolute Gasteiger partial charge is 0.281 e. The lowest BCUT2D eigenvalue weighted by Gasteiger charge is -2.35. The van der Waals surface area contributed by atoms with E-state index in [0.29, 0.717) is 5.04 Å². The van der Waals surface area contributed by atoms with Crippen molar-refractivity contribution in [1.82, 2.24) is 15.2 Å². The van der Waals surface area contributed by atoms with Gasteiger partial charge in [-0.2, -0.15) is 5.10 Å². The number of amides is 1. The van der Waals surface area contributed by atoms with Gasteiger partial charge in [-0.1, -0.05) is 30.3 Å². The molecule has 0 radical (unpaired) electrons. The molecule has 1 saturated heterocycles. The molecule has 0 bridgehead atoms. The summed E-state index contributed by atoms with van der Waals surface area (Å²) in [5, 5.41) is 11.2. The minimum atomic E-state index is 0.0612. The van der Waals surface area contributed by atoms with Crippen molar-refractivity contribution in [2.75, 3.05) is 6.54 Å². The van der Waals surface area contributed by atoms with Crippen LogP contribution in [0.4, 0.5) is 0 Å². The Labute approximate surface area is 140 Å². The van der Waals surface area contributed by atoms with Crippen LogP contribution in [-0.4, -0.2) is 33.6 Å². The lowest BCUT2D eigenvalue weighted by Crippen LogP contribution is -2.41. The van der Waals surface area contributed by atoms with Crippen LogP contribution >= 0.6 is 11.8 Å². The van der Waals surface area contributed by atoms with Gasteiger partial charge in [0.2, 0.25) is 0 Å². The van der Waals surface area contributed by atoms with Crippen LogP contribution in [0.5, 0.6) is 0 Å². The third-order valence-electron chi connectivity index (χ3n) is 4.57. The van der Waals surface area contributed by atoms with Gasteiger partial charge in [0.15, 0.2) is 5.04 Å². The van der Waals surface area contributed by atoms with Gasteiger partial charge in [0.25, 0.3) is 5.91 Å². The Hall–Kier alpha value is -1.95. The molecule has 1 aromatic rings. The van der Waals surface area contributed by atoms with E-state index < -0.39 is 0 Å². The second-order valence-electron chi connectivity index (χ2n) is 6.10. The normalized spacial score (nSPS) is 26.5. The SMILES string of the molecule is CC1NC=C2SC(C(=O)N3CCCCC3c3ccccc3)=NN21. The van der Waals surface area contributed by atoms with Gasteiger partial charge in [-0.25, -0.2) is 5.01 Å². The molecule has 1 aromatic carbocycles. The second kappa shape index (κ2) is 5.92. The predicted molar refractivity (Wildman–Crippen MR) is 92.3 cm³/mol. The van der Waals surface area contributed by atoms with Gasteiger partial charge < -0.3 is 10.2 Å². The summed E-state index contributed by atoms with van der Waals surface area (Å²) in [4.78, 5) is 15.0. The molecular weight excluding hydrogens is 308 g/mol. The highest BCUT2D eigenvalue weighted by atomic mass is 32.2. The van der Waals surface area contributed by atoms with Crippen molar-refractivity contribution < 1.29 is 4.79 Å². The minimum absolute atomic E-state index is 0.0612. The largest absolute Gasteiger partial charge is 0.368 e. The van der Waals surface area contributed by atoms with Gasteiger partial charge in [-0.05, 0) is 43.5 Å². The Morgan fingerprint density at radius 1 is 1.30 bits per heavy atom. The molecule has 0 aliphatic carbocycles. The Morgan fingerprint density at radius 3 is 2.91 bits per heavy atom. The van der Waals surface area contributed by atoms with Gasteiger partial charge in [0.05, 0.1) is 6.04 Å². The summed E-state index contributed by atoms with van der Waals surface area (Å²) in [5.41, 5.74) is 1.22. The third-order valence-corrected chi connectivity index (χ3v) is 5.54. The van der Waals surface area contributed by atoms with E-state index in [-0.39, 0.29) is 18.1 Å². The standard InChI is InChI=1S/C17H20N4OS/c1-12-18-11-15-21(12)19-16(23-15)17(22)20-10-6-5-9-14(20)13-7-3-2-4-8-13/h2-4,7-8,11-12,14,18H,5-6,9-10H2,1H3. The highest BCUT2D eigenvalue weighted by molar-refractivity contribution is 8.19. The van der Waals surface area contributed by atoms with Crippen molar-refractivity contribution in [1.29, 1.82) is 0 Å². The Kier molecular flexibility index (Phi) is 3.77. The number of hydrogen-bond donors (Lipinski definition) is 1. The molecular formula is C17H20N4OS. The third kappa shape index (κ3) is 2.61. The summed E-state index contributed by atoms with van der Waals surface area (Å²) < 4.78 is 0. The lowest BCUT2D eigenvalue weighted by molar-refractivity contribution is -0.127. The Balaban J connectivity index is 1.57. The number of hydrazone groups is 1. The summed E-state index contributed by atoms with van der Waals surface area (Å²) in [6.45, 7) is 2.85. The number of piperidine rings is 1. The molecule has 2 atom stereocenters. The van der Waals surface area contributed by atoms with Crippen LogP contribution in [-0.2, 0) is 4.79 Å². The van der Waals surface area contributed by atoms with Gasteiger partial charge in [0, 0.05) is 12.7 Å². The number of thioether (sulfide) groups is 1. The number of hydrogen-bond acceptors (Lipinski definition) is 5. The van der Waals surface area contributed by atoms with Crippen LogP contribution in [0.3, 0.4) is 0 Å². The van der Waals surface area contributed by atoms with Crippen molar-refractivity contribution in [3.63, 3.8) is 0 Å². The molecule has 3 heterocycles. The predicted octanol–water partition coefficient (Wildman–Crippen LogP) is 2.85. The number of nitrogens with one attached hydrogen (secondary N) is 1. The number of likely N-dealkylation sites (tertiary alicyclic amines) is 1. The Bertz CT molecular complexity index is 672. The van der Waals surface area contributed by atoms with E-state index in [0.717, 1.165) is 24.4 Å². The van der Waals surface area contributed by atoms with Crippen molar-refractivity contribution in [2.45, 2.75) is 38.4 Å². The number of carbonyl (C=O) groups is 1. The highest BCUT2D eigenvalue weighted by Crippen LogP contribution is 2.37. The van der Waals surface area contributed by atoms with Crippen molar-refractivity contribution in [3.8, 4) is 0 Å². The molecule has 2 unspecified atom stereocenters. The molecule has 23 heavy (non-hydrogen) atoms. The summed E-state index contributed by atoms with van der Waals surface area (Å²) in [6.07, 6.45) is 5.31. The number of nitrogens with zero attached hydrogens (tertiary/aromatic N) is 3. The highest BCUT2D eigenvalue weighted by Gasteiger charge is 2.37. The van der Waals surface area contributed by atoms with Gasteiger partial charge >= 0.3 is 0 Å². The van der Waals surface area contributed by atoms with E-state index in [9.17, 15) is 4.79 Å². The fraction of sp³-hybridized carbons (Fsp3) is 0.412. The summed E-state index contributed by atoms with van der Waals surface area (Å²) >= 11 is 1.47. The molecule has 1 N–H and O–H groups in total. The average Bonchev–Trinajstić information content (AvgIpc) is 3.17. The first kappa shape index (κ1) is 14.6. The number of benzene rings is 1. The van der Waals surface area contributed by atoms with Crippen molar-refractivity contribution >= 4 is 22.7 Å². The minimum Gasteiger partial charge on any atom is -0.368 e. The number of fused-ring (bicyclic) bond motifs is 1. The van der Waals surface area contributed by atoms with Gasteiger partial charge in [0.1, 0.15) is 11.2 Å². The number of carbonyl (C=O) groups excluding carboxylic acids is 1. The molecule has 4 rings (SSSR count). The molecule has 3 aliphatic rings. The molecule has 3 aliphatic heterocycles. The molecule has 5 nitrogen and oxygen atoms in total. The van der Waals surface area contributed by atoms with Crippen molar-refractivity contribution in [2.24, 2.45) is 5.10 Å². The first-order valence-electron chi connectivity index (χ1n) is 8.12. The summed E-state index contributed by atoms with van der Waals surface area (Å²) in [7, 11) is 0. The first-order valence-corrected chi connectivity index (χ1v) is 8.93. The van der Waals surface area contributed by atoms with E-state index in [4.69, 9.17) is 0 Å². The summed E-state index contributed by atoms with van der Waals surface area (Å²) in [6, 6.07) is 10.5. The van der Waals surface area contributed by atoms with E-state index in [1.807, 2.05) is 41.2 Å². The quantitative estimate of drug-likeness (QED) is 0.907. The molecule has 0 saturated carbocycles. The maximum Gasteiger partial charge on any atom is 0.281 e. The second-order valence-corrected chi connectivity index (χ2v) is 7.11. The van der Waals surface area contributed by atoms with Crippen molar-refractivity contribution in [3.05, 3.63) is 47.1 Å². The fourth-order valence-corrected chi connectivity index (χ4v) is 4.31. The fourth-order valence-electron chi connectivity index (χ4n) is 3.35. The maximum atomic E-state index is 13.0. The van der Waals surface area contributed by atoms with Crippen LogP contribution < -0.4 is 5.32 Å². The van der Waals surface area contributed by atoms with Crippen LogP contribution in [0.2, 0.25) is 0 Å². The number of rotatable bonds is 2. The zero-order valence-corrected chi connectivity index (χ0v) is 13.9. The van der Waals surface area contributed by atoms with E-state index in [1.54, 1.807) is 0 Å². The zero-order chi connectivity index (χ0) is 15.8. The van der Waals surface area contributed by atoms with Crippen LogP contribution in [0, 0.1) is 0 Å². The van der Waals surface area contributed by atoms with Crippen LogP contribution in [0.25, 0.3) is 0 Å². The molecule has 6 heteroatoms. The van der Waals surface area contributed by atoms with Crippen LogP contribution in [0.15, 0.2) is 46.7 Å². The monoisotopic (exact) mass is 328 g/mol. The topological polar surface area (TPSA) is 47.9 Å². The molecule has 1 amide bonds. The Morgan fingerprint density at radius 2 is 2.13 bits per heavy atom. The zero-order valence-electron chi connectivity index (χ0n) is 13.1.